The molecule has 0 saturated carbocycles. The van der Waals surface area contributed by atoms with Gasteiger partial charge in [-0.3, -0.25) is 9.59 Å². The maximum absolute atomic E-state index is 13.2. The summed E-state index contributed by atoms with van der Waals surface area (Å²) in [6.07, 6.45) is 2.38. The number of hydrogen-bond donors (Lipinski definition) is 1. The molecule has 178 valence electrons. The lowest BCUT2D eigenvalue weighted by molar-refractivity contribution is -0.134. The quantitative estimate of drug-likeness (QED) is 0.438. The van der Waals surface area contributed by atoms with Crippen LogP contribution in [0.1, 0.15) is 55.5 Å². The summed E-state index contributed by atoms with van der Waals surface area (Å²) in [5.41, 5.74) is 3.86. The van der Waals surface area contributed by atoms with Crippen LogP contribution in [0, 0.1) is 0 Å². The molecule has 0 unspecified atom stereocenters. The van der Waals surface area contributed by atoms with E-state index < -0.39 is 6.04 Å². The smallest absolute Gasteiger partial charge is 0.251 e. The van der Waals surface area contributed by atoms with Crippen molar-refractivity contribution in [3.63, 3.8) is 0 Å². The highest BCUT2D eigenvalue weighted by Crippen LogP contribution is 2.29. The second kappa shape index (κ2) is 11.8. The van der Waals surface area contributed by atoms with Crippen molar-refractivity contribution >= 4 is 23.4 Å². The molecule has 34 heavy (non-hydrogen) atoms. The first kappa shape index (κ1) is 25.5. The number of piperidine rings is 1. The maximum atomic E-state index is 13.2. The third-order valence-corrected chi connectivity index (χ3v) is 6.64. The Morgan fingerprint density at radius 2 is 1.59 bits per heavy atom. The second-order valence-electron chi connectivity index (χ2n) is 8.53. The van der Waals surface area contributed by atoms with E-state index in [1.54, 1.807) is 6.07 Å². The zero-order valence-corrected chi connectivity index (χ0v) is 19.6. The number of hydrogen-bond acceptors (Lipinski definition) is 2. The Bertz CT molecular complexity index is 1090. The van der Waals surface area contributed by atoms with Crippen LogP contribution in [0.4, 0.5) is 0 Å². The fourth-order valence-electron chi connectivity index (χ4n) is 4.44. The lowest BCUT2D eigenvalue weighted by Crippen LogP contribution is -2.50. The SMILES string of the molecule is C.CC[C@@H](NC(=O)c1cccc(-c2ccccc2)c1)C(=O)N1CCC(c2ccc(Cl)cc2)CC1. The number of rotatable bonds is 6. The van der Waals surface area contributed by atoms with Crippen LogP contribution in [0.3, 0.4) is 0 Å². The average Bonchev–Trinajstić information content (AvgIpc) is 2.88. The predicted molar refractivity (Wildman–Crippen MR) is 140 cm³/mol. The molecule has 4 rings (SSSR count). The molecule has 3 aromatic carbocycles. The highest BCUT2D eigenvalue weighted by Gasteiger charge is 2.29. The molecule has 1 aliphatic rings. The third kappa shape index (κ3) is 6.06. The first-order valence-electron chi connectivity index (χ1n) is 11.6. The minimum absolute atomic E-state index is 0. The number of likely N-dealkylation sites (tertiary alicyclic amines) is 1. The third-order valence-electron chi connectivity index (χ3n) is 6.39. The molecule has 4 nitrogen and oxygen atoms in total. The fraction of sp³-hybridized carbons (Fsp3) is 0.310. The lowest BCUT2D eigenvalue weighted by atomic mass is 9.89. The molecule has 0 spiro atoms. The summed E-state index contributed by atoms with van der Waals surface area (Å²) in [5, 5.41) is 3.70. The number of halogens is 1. The van der Waals surface area contributed by atoms with Crippen LogP contribution in [0.15, 0.2) is 78.9 Å². The van der Waals surface area contributed by atoms with Gasteiger partial charge >= 0.3 is 0 Å². The fourth-order valence-corrected chi connectivity index (χ4v) is 4.57. The van der Waals surface area contributed by atoms with Gasteiger partial charge in [0.15, 0.2) is 0 Å². The maximum Gasteiger partial charge on any atom is 0.251 e. The van der Waals surface area contributed by atoms with Crippen molar-refractivity contribution in [2.24, 2.45) is 0 Å². The number of benzene rings is 3. The summed E-state index contributed by atoms with van der Waals surface area (Å²) in [6, 6.07) is 24.9. The van der Waals surface area contributed by atoms with Crippen molar-refractivity contribution in [1.29, 1.82) is 0 Å². The van der Waals surface area contributed by atoms with Crippen molar-refractivity contribution in [2.45, 2.75) is 45.6 Å². The van der Waals surface area contributed by atoms with Gasteiger partial charge in [-0.1, -0.05) is 80.5 Å². The van der Waals surface area contributed by atoms with E-state index in [4.69, 9.17) is 11.6 Å². The molecule has 0 bridgehead atoms. The Morgan fingerprint density at radius 1 is 0.941 bits per heavy atom. The molecule has 0 aliphatic carbocycles. The van der Waals surface area contributed by atoms with Gasteiger partial charge in [0, 0.05) is 23.7 Å². The first-order valence-corrected chi connectivity index (χ1v) is 11.9. The van der Waals surface area contributed by atoms with Gasteiger partial charge in [-0.2, -0.15) is 0 Å². The molecule has 1 N–H and O–H groups in total. The van der Waals surface area contributed by atoms with Gasteiger partial charge in [0.25, 0.3) is 5.91 Å². The van der Waals surface area contributed by atoms with Gasteiger partial charge < -0.3 is 10.2 Å². The molecule has 1 aliphatic heterocycles. The highest BCUT2D eigenvalue weighted by atomic mass is 35.5. The van der Waals surface area contributed by atoms with Gasteiger partial charge in [-0.05, 0) is 66.1 Å². The highest BCUT2D eigenvalue weighted by molar-refractivity contribution is 6.30. The number of nitrogens with one attached hydrogen (secondary N) is 1. The topological polar surface area (TPSA) is 49.4 Å². The van der Waals surface area contributed by atoms with Crippen molar-refractivity contribution in [2.75, 3.05) is 13.1 Å². The van der Waals surface area contributed by atoms with Crippen LogP contribution in [-0.4, -0.2) is 35.8 Å². The van der Waals surface area contributed by atoms with E-state index in [0.717, 1.165) is 29.0 Å². The molecule has 1 saturated heterocycles. The van der Waals surface area contributed by atoms with E-state index >= 15 is 0 Å². The van der Waals surface area contributed by atoms with Crippen molar-refractivity contribution in [1.82, 2.24) is 10.2 Å². The summed E-state index contributed by atoms with van der Waals surface area (Å²) in [5.74, 6) is 0.213. The zero-order chi connectivity index (χ0) is 23.2. The van der Waals surface area contributed by atoms with Gasteiger partial charge in [0.05, 0.1) is 0 Å². The van der Waals surface area contributed by atoms with Gasteiger partial charge in [0.1, 0.15) is 6.04 Å². The molecule has 5 heteroatoms. The molecule has 1 fully saturated rings. The molecule has 1 heterocycles. The van der Waals surface area contributed by atoms with E-state index in [1.807, 2.05) is 72.5 Å². The van der Waals surface area contributed by atoms with E-state index in [2.05, 4.69) is 17.4 Å². The molecule has 0 radical (unpaired) electrons. The minimum Gasteiger partial charge on any atom is -0.341 e. The number of nitrogens with zero attached hydrogens (tertiary/aromatic N) is 1. The molecule has 1 atom stereocenters. The van der Waals surface area contributed by atoms with Crippen LogP contribution in [-0.2, 0) is 4.79 Å². The predicted octanol–water partition coefficient (Wildman–Crippen LogP) is 6.56. The Hall–Kier alpha value is -3.11. The summed E-state index contributed by atoms with van der Waals surface area (Å²) in [4.78, 5) is 28.0. The number of carbonyl (C=O) groups excluding carboxylic acids is 2. The Kier molecular flexibility index (Phi) is 8.89. The van der Waals surface area contributed by atoms with Crippen LogP contribution in [0.2, 0.25) is 5.02 Å². The zero-order valence-electron chi connectivity index (χ0n) is 18.8. The number of amides is 2. The second-order valence-corrected chi connectivity index (χ2v) is 8.97. The average molecular weight is 477 g/mol. The summed E-state index contributed by atoms with van der Waals surface area (Å²) >= 11 is 6.00. The Balaban J connectivity index is 0.00000324. The molecular weight excluding hydrogens is 444 g/mol. The first-order chi connectivity index (χ1) is 16.0. The van der Waals surface area contributed by atoms with E-state index in [1.165, 1.54) is 5.56 Å². The molecule has 0 aromatic heterocycles. The monoisotopic (exact) mass is 476 g/mol. The Morgan fingerprint density at radius 3 is 2.24 bits per heavy atom. The normalized spacial score (nSPS) is 14.7. The molecule has 3 aromatic rings. The van der Waals surface area contributed by atoms with Crippen molar-refractivity contribution < 1.29 is 9.59 Å². The molecule has 2 amide bonds. The summed E-state index contributed by atoms with van der Waals surface area (Å²) < 4.78 is 0. The van der Waals surface area contributed by atoms with Crippen LogP contribution in [0.25, 0.3) is 11.1 Å². The number of carbonyl (C=O) groups is 2. The van der Waals surface area contributed by atoms with Crippen LogP contribution in [0.5, 0.6) is 0 Å². The van der Waals surface area contributed by atoms with E-state index in [9.17, 15) is 9.59 Å². The van der Waals surface area contributed by atoms with Crippen LogP contribution < -0.4 is 5.32 Å². The van der Waals surface area contributed by atoms with Crippen LogP contribution >= 0.6 is 11.6 Å². The van der Waals surface area contributed by atoms with Gasteiger partial charge in [-0.25, -0.2) is 0 Å². The lowest BCUT2D eigenvalue weighted by Gasteiger charge is -2.34. The van der Waals surface area contributed by atoms with Crippen molar-refractivity contribution in [3.05, 3.63) is 95.0 Å². The standard InChI is InChI=1S/C28H29ClN2O2.CH4/c1-2-26(28(33)31-17-15-22(16-18-31)21-11-13-25(29)14-12-21)30-27(32)24-10-6-9-23(19-24)20-7-4-3-5-8-20;/h3-14,19,22,26H,2,15-18H2,1H3,(H,30,32);1H4/t26-;/m1./s1. The van der Waals surface area contributed by atoms with Gasteiger partial charge in [0.2, 0.25) is 5.91 Å². The van der Waals surface area contributed by atoms with Crippen molar-refractivity contribution in [3.8, 4) is 11.1 Å². The molecular formula is C29H33ClN2O2. The summed E-state index contributed by atoms with van der Waals surface area (Å²) in [7, 11) is 0. The minimum atomic E-state index is -0.523. The van der Waals surface area contributed by atoms with Gasteiger partial charge in [-0.15, -0.1) is 0 Å². The summed E-state index contributed by atoms with van der Waals surface area (Å²) in [6.45, 7) is 3.33. The largest absolute Gasteiger partial charge is 0.341 e. The Labute approximate surface area is 207 Å². The van der Waals surface area contributed by atoms with E-state index in [0.29, 0.717) is 31.0 Å². The van der Waals surface area contributed by atoms with E-state index in [-0.39, 0.29) is 19.2 Å².